The Morgan fingerprint density at radius 2 is 1.92 bits per heavy atom. The van der Waals surface area contributed by atoms with Crippen LogP contribution >= 0.6 is 11.6 Å². The first-order valence-corrected chi connectivity index (χ1v) is 9.46. The topological polar surface area (TPSA) is 54.7 Å². The fraction of sp³-hybridized carbons (Fsp3) is 0.235. The lowest BCUT2D eigenvalue weighted by Gasteiger charge is -2.27. The summed E-state index contributed by atoms with van der Waals surface area (Å²) in [6.07, 6.45) is 3.11. The normalized spacial score (nSPS) is 13.5. The highest BCUT2D eigenvalue weighted by atomic mass is 35.5. The SMILES string of the molecule is CCN([C@@H](C)c1ccc(Cl)cc1)S(=O)(=O)c1cnc2ccccn12. The Hall–Kier alpha value is -1.89. The van der Waals surface area contributed by atoms with Gasteiger partial charge in [-0.3, -0.25) is 4.40 Å². The van der Waals surface area contributed by atoms with Crippen LogP contribution in [0, 0.1) is 0 Å². The fourth-order valence-corrected chi connectivity index (χ4v) is 4.61. The second-order valence-corrected chi connectivity index (χ2v) is 7.74. The van der Waals surface area contributed by atoms with E-state index in [9.17, 15) is 8.42 Å². The van der Waals surface area contributed by atoms with Crippen LogP contribution < -0.4 is 0 Å². The molecule has 0 aliphatic heterocycles. The summed E-state index contributed by atoms with van der Waals surface area (Å²) in [5.41, 5.74) is 1.49. The molecule has 1 aromatic carbocycles. The predicted octanol–water partition coefficient (Wildman–Crippen LogP) is 3.76. The summed E-state index contributed by atoms with van der Waals surface area (Å²) in [5, 5.41) is 0.791. The second-order valence-electron chi connectivity index (χ2n) is 5.46. The maximum absolute atomic E-state index is 13.2. The second kappa shape index (κ2) is 6.55. The van der Waals surface area contributed by atoms with E-state index in [0.717, 1.165) is 5.56 Å². The summed E-state index contributed by atoms with van der Waals surface area (Å²) >= 11 is 5.92. The molecule has 0 aliphatic carbocycles. The Bertz CT molecular complexity index is 951. The molecular weight excluding hydrogens is 346 g/mol. The van der Waals surface area contributed by atoms with E-state index in [0.29, 0.717) is 17.2 Å². The highest BCUT2D eigenvalue weighted by Crippen LogP contribution is 2.28. The van der Waals surface area contributed by atoms with Crippen molar-refractivity contribution >= 4 is 27.3 Å². The third-order valence-electron chi connectivity index (χ3n) is 4.05. The van der Waals surface area contributed by atoms with E-state index in [4.69, 9.17) is 11.6 Å². The van der Waals surface area contributed by atoms with Gasteiger partial charge in [-0.25, -0.2) is 13.4 Å². The zero-order chi connectivity index (χ0) is 17.3. The molecule has 0 amide bonds. The average Bonchev–Trinajstić information content (AvgIpc) is 3.00. The molecule has 0 radical (unpaired) electrons. The number of sulfonamides is 1. The third-order valence-corrected chi connectivity index (χ3v) is 6.33. The van der Waals surface area contributed by atoms with Gasteiger partial charge in [-0.05, 0) is 36.8 Å². The Morgan fingerprint density at radius 1 is 1.21 bits per heavy atom. The number of hydrogen-bond donors (Lipinski definition) is 0. The van der Waals surface area contributed by atoms with Crippen LogP contribution in [-0.2, 0) is 10.0 Å². The third kappa shape index (κ3) is 2.92. The molecule has 0 spiro atoms. The highest BCUT2D eigenvalue weighted by Gasteiger charge is 2.31. The van der Waals surface area contributed by atoms with E-state index in [1.807, 2.05) is 32.0 Å². The molecule has 0 saturated carbocycles. The maximum Gasteiger partial charge on any atom is 0.261 e. The Morgan fingerprint density at radius 3 is 2.58 bits per heavy atom. The Kier molecular flexibility index (Phi) is 4.62. The Labute approximate surface area is 146 Å². The molecule has 0 saturated heterocycles. The molecule has 3 rings (SSSR count). The van der Waals surface area contributed by atoms with Gasteiger partial charge in [0.05, 0.1) is 6.20 Å². The number of nitrogens with zero attached hydrogens (tertiary/aromatic N) is 3. The van der Waals surface area contributed by atoms with Crippen molar-refractivity contribution in [2.24, 2.45) is 0 Å². The largest absolute Gasteiger partial charge is 0.289 e. The van der Waals surface area contributed by atoms with Gasteiger partial charge in [0.25, 0.3) is 10.0 Å². The number of imidazole rings is 1. The Balaban J connectivity index is 2.04. The minimum atomic E-state index is -3.69. The van der Waals surface area contributed by atoms with Crippen molar-refractivity contribution in [3.05, 3.63) is 65.4 Å². The van der Waals surface area contributed by atoms with Gasteiger partial charge in [0, 0.05) is 23.8 Å². The first-order chi connectivity index (χ1) is 11.4. The number of benzene rings is 1. The minimum absolute atomic E-state index is 0.167. The minimum Gasteiger partial charge on any atom is -0.289 e. The van der Waals surface area contributed by atoms with Crippen molar-refractivity contribution in [2.75, 3.05) is 6.54 Å². The quantitative estimate of drug-likeness (QED) is 0.693. The van der Waals surface area contributed by atoms with Gasteiger partial charge in [0.15, 0.2) is 5.03 Å². The maximum atomic E-state index is 13.2. The first kappa shape index (κ1) is 17.0. The highest BCUT2D eigenvalue weighted by molar-refractivity contribution is 7.89. The van der Waals surface area contributed by atoms with Crippen LogP contribution in [0.5, 0.6) is 0 Å². The van der Waals surface area contributed by atoms with Gasteiger partial charge < -0.3 is 0 Å². The summed E-state index contributed by atoms with van der Waals surface area (Å²) in [6.45, 7) is 4.05. The fourth-order valence-electron chi connectivity index (χ4n) is 2.78. The van der Waals surface area contributed by atoms with Crippen molar-refractivity contribution in [3.63, 3.8) is 0 Å². The monoisotopic (exact) mass is 363 g/mol. The number of halogens is 1. The molecule has 126 valence electrons. The van der Waals surface area contributed by atoms with Gasteiger partial charge >= 0.3 is 0 Å². The van der Waals surface area contributed by atoms with Gasteiger partial charge in [0.1, 0.15) is 5.65 Å². The van der Waals surface area contributed by atoms with Gasteiger partial charge in [-0.2, -0.15) is 4.31 Å². The zero-order valence-electron chi connectivity index (χ0n) is 13.4. The molecular formula is C17H18ClN3O2S. The van der Waals surface area contributed by atoms with Crippen LogP contribution in [0.15, 0.2) is 59.9 Å². The number of rotatable bonds is 5. The molecule has 0 fully saturated rings. The average molecular weight is 364 g/mol. The van der Waals surface area contributed by atoms with Gasteiger partial charge in [-0.15, -0.1) is 0 Å². The summed E-state index contributed by atoms with van der Waals surface area (Å²) in [4.78, 5) is 4.18. The van der Waals surface area contributed by atoms with Crippen LogP contribution in [0.2, 0.25) is 5.02 Å². The molecule has 7 heteroatoms. The van der Waals surface area contributed by atoms with E-state index in [1.165, 1.54) is 10.5 Å². The number of hydrogen-bond acceptors (Lipinski definition) is 3. The number of fused-ring (bicyclic) bond motifs is 1. The lowest BCUT2D eigenvalue weighted by Crippen LogP contribution is -2.34. The smallest absolute Gasteiger partial charge is 0.261 e. The predicted molar refractivity (Wildman–Crippen MR) is 94.6 cm³/mol. The number of aromatic nitrogens is 2. The van der Waals surface area contributed by atoms with Crippen LogP contribution in [0.25, 0.3) is 5.65 Å². The van der Waals surface area contributed by atoms with E-state index < -0.39 is 10.0 Å². The molecule has 5 nitrogen and oxygen atoms in total. The van der Waals surface area contributed by atoms with Crippen LogP contribution in [-0.4, -0.2) is 28.7 Å². The van der Waals surface area contributed by atoms with Crippen LogP contribution in [0.3, 0.4) is 0 Å². The summed E-state index contributed by atoms with van der Waals surface area (Å²) < 4.78 is 29.4. The van der Waals surface area contributed by atoms with Crippen LogP contribution in [0.4, 0.5) is 0 Å². The molecule has 2 heterocycles. The number of pyridine rings is 1. The van der Waals surface area contributed by atoms with Gasteiger partial charge in [0.2, 0.25) is 0 Å². The first-order valence-electron chi connectivity index (χ1n) is 7.64. The van der Waals surface area contributed by atoms with Crippen molar-refractivity contribution in [1.29, 1.82) is 0 Å². The van der Waals surface area contributed by atoms with Crippen molar-refractivity contribution < 1.29 is 8.42 Å². The molecule has 0 aliphatic rings. The molecule has 0 N–H and O–H groups in total. The summed E-state index contributed by atoms with van der Waals surface area (Å²) in [5.74, 6) is 0. The molecule has 1 atom stereocenters. The van der Waals surface area contributed by atoms with Crippen molar-refractivity contribution in [2.45, 2.75) is 24.9 Å². The lowest BCUT2D eigenvalue weighted by atomic mass is 10.1. The van der Waals surface area contributed by atoms with E-state index in [2.05, 4.69) is 4.98 Å². The van der Waals surface area contributed by atoms with Crippen LogP contribution in [0.1, 0.15) is 25.5 Å². The summed E-state index contributed by atoms with van der Waals surface area (Å²) in [7, 11) is -3.69. The standard InChI is InChI=1S/C17H18ClN3O2S/c1-3-21(13(2)14-7-9-15(18)10-8-14)24(22,23)17-12-19-16-6-4-5-11-20(16)17/h4-13H,3H2,1-2H3/t13-/m0/s1. The molecule has 24 heavy (non-hydrogen) atoms. The van der Waals surface area contributed by atoms with Gasteiger partial charge in [-0.1, -0.05) is 36.7 Å². The summed E-state index contributed by atoms with van der Waals surface area (Å²) in [6, 6.07) is 12.3. The van der Waals surface area contributed by atoms with E-state index in [1.54, 1.807) is 34.9 Å². The molecule has 3 aromatic rings. The van der Waals surface area contributed by atoms with E-state index in [-0.39, 0.29) is 11.1 Å². The lowest BCUT2D eigenvalue weighted by molar-refractivity contribution is 0.355. The molecule has 0 unspecified atom stereocenters. The zero-order valence-corrected chi connectivity index (χ0v) is 15.0. The van der Waals surface area contributed by atoms with E-state index >= 15 is 0 Å². The molecule has 2 aromatic heterocycles. The molecule has 0 bridgehead atoms. The van der Waals surface area contributed by atoms with Crippen molar-refractivity contribution in [3.8, 4) is 0 Å². The van der Waals surface area contributed by atoms with Crippen molar-refractivity contribution in [1.82, 2.24) is 13.7 Å².